The maximum Gasteiger partial charge on any atom is 0.252 e. The monoisotopic (exact) mass is 321 g/mol. The molecule has 0 spiro atoms. The van der Waals surface area contributed by atoms with Crippen LogP contribution in [0.25, 0.3) is 11.6 Å². The molecule has 0 saturated carbocycles. The fraction of sp³-hybridized carbons (Fsp3) is 0.286. The number of ether oxygens (including phenoxy) is 1. The van der Waals surface area contributed by atoms with E-state index in [9.17, 15) is 4.79 Å². The van der Waals surface area contributed by atoms with Crippen molar-refractivity contribution in [3.63, 3.8) is 0 Å². The van der Waals surface area contributed by atoms with Crippen LogP contribution in [0.5, 0.6) is 11.5 Å². The van der Waals surface area contributed by atoms with Crippen LogP contribution >= 0.6 is 0 Å². The zero-order chi connectivity index (χ0) is 16.8. The fourth-order valence-electron chi connectivity index (χ4n) is 2.86. The zero-order valence-electron chi connectivity index (χ0n) is 14.0. The Labute approximate surface area is 143 Å². The first kappa shape index (κ1) is 16.3. The molecule has 0 atom stereocenters. The number of fused-ring (bicyclic) bond motifs is 2. The molecule has 1 N–H and O–H groups in total. The average Bonchev–Trinajstić information content (AvgIpc) is 2.78. The topological polar surface area (TPSA) is 38.3 Å². The highest BCUT2D eigenvalue weighted by Crippen LogP contribution is 2.37. The van der Waals surface area contributed by atoms with Gasteiger partial charge >= 0.3 is 0 Å². The molecule has 3 heteroatoms. The van der Waals surface area contributed by atoms with Crippen molar-refractivity contribution in [2.45, 2.75) is 32.6 Å². The second kappa shape index (κ2) is 7.82. The Morgan fingerprint density at radius 1 is 0.958 bits per heavy atom. The number of amides is 1. The molecule has 0 bridgehead atoms. The van der Waals surface area contributed by atoms with Gasteiger partial charge in [-0.15, -0.1) is 0 Å². The lowest BCUT2D eigenvalue weighted by molar-refractivity contribution is -0.115. The van der Waals surface area contributed by atoms with Crippen LogP contribution < -0.4 is 10.1 Å². The third kappa shape index (κ3) is 3.67. The first-order chi connectivity index (χ1) is 11.8. The zero-order valence-corrected chi connectivity index (χ0v) is 14.0. The molecule has 0 radical (unpaired) electrons. The molecule has 1 amide bonds. The number of benzene rings is 2. The van der Waals surface area contributed by atoms with Crippen LogP contribution in [-0.2, 0) is 4.79 Å². The minimum absolute atomic E-state index is 0.0424. The van der Waals surface area contributed by atoms with Crippen LogP contribution in [0.2, 0.25) is 0 Å². The number of hydrogen-bond donors (Lipinski definition) is 1. The van der Waals surface area contributed by atoms with Crippen LogP contribution in [0.1, 0.15) is 43.7 Å². The lowest BCUT2D eigenvalue weighted by Gasteiger charge is -2.11. The molecule has 1 aliphatic heterocycles. The first-order valence-electron chi connectivity index (χ1n) is 8.66. The normalized spacial score (nSPS) is 12.3. The summed E-state index contributed by atoms with van der Waals surface area (Å²) >= 11 is 0. The second-order valence-electron chi connectivity index (χ2n) is 6.01. The Bertz CT molecular complexity index is 749. The van der Waals surface area contributed by atoms with E-state index in [4.69, 9.17) is 4.74 Å². The number of unbranched alkanes of at least 4 members (excludes halogenated alkanes) is 3. The van der Waals surface area contributed by atoms with E-state index in [1.165, 1.54) is 12.8 Å². The molecule has 2 aromatic carbocycles. The Kier molecular flexibility index (Phi) is 5.32. The van der Waals surface area contributed by atoms with Gasteiger partial charge in [-0.3, -0.25) is 4.79 Å². The van der Waals surface area contributed by atoms with Crippen molar-refractivity contribution in [2.75, 3.05) is 6.54 Å². The summed E-state index contributed by atoms with van der Waals surface area (Å²) in [5.74, 6) is 1.45. The summed E-state index contributed by atoms with van der Waals surface area (Å²) in [5, 5.41) is 3.05. The Morgan fingerprint density at radius 2 is 1.71 bits per heavy atom. The van der Waals surface area contributed by atoms with E-state index in [0.717, 1.165) is 35.5 Å². The molecule has 124 valence electrons. The van der Waals surface area contributed by atoms with Gasteiger partial charge < -0.3 is 10.1 Å². The first-order valence-corrected chi connectivity index (χ1v) is 8.66. The maximum absolute atomic E-state index is 12.7. The molecule has 0 aromatic heterocycles. The minimum Gasteiger partial charge on any atom is -0.456 e. The Hall–Kier alpha value is -2.55. The summed E-state index contributed by atoms with van der Waals surface area (Å²) in [7, 11) is 0. The van der Waals surface area contributed by atoms with Gasteiger partial charge in [0.05, 0.1) is 5.57 Å². The molecule has 0 fully saturated rings. The highest BCUT2D eigenvalue weighted by atomic mass is 16.5. The van der Waals surface area contributed by atoms with E-state index < -0.39 is 0 Å². The average molecular weight is 321 g/mol. The van der Waals surface area contributed by atoms with Crippen molar-refractivity contribution in [1.82, 2.24) is 5.32 Å². The summed E-state index contributed by atoms with van der Waals surface area (Å²) in [4.78, 5) is 12.7. The van der Waals surface area contributed by atoms with Gasteiger partial charge in [-0.1, -0.05) is 62.6 Å². The summed E-state index contributed by atoms with van der Waals surface area (Å²) in [6.07, 6.45) is 6.49. The van der Waals surface area contributed by atoms with Crippen molar-refractivity contribution in [1.29, 1.82) is 0 Å². The summed E-state index contributed by atoms with van der Waals surface area (Å²) in [6, 6.07) is 15.5. The van der Waals surface area contributed by atoms with Crippen molar-refractivity contribution in [3.05, 3.63) is 59.7 Å². The van der Waals surface area contributed by atoms with E-state index in [-0.39, 0.29) is 5.91 Å². The van der Waals surface area contributed by atoms with E-state index in [0.29, 0.717) is 12.1 Å². The lowest BCUT2D eigenvalue weighted by atomic mass is 10.0. The van der Waals surface area contributed by atoms with Gasteiger partial charge in [0.1, 0.15) is 11.5 Å². The van der Waals surface area contributed by atoms with E-state index in [2.05, 4.69) is 12.2 Å². The highest BCUT2D eigenvalue weighted by molar-refractivity contribution is 6.25. The molecule has 3 rings (SSSR count). The predicted octanol–water partition coefficient (Wildman–Crippen LogP) is 5.03. The third-order valence-electron chi connectivity index (χ3n) is 4.18. The third-order valence-corrected chi connectivity index (χ3v) is 4.18. The molecule has 1 heterocycles. The summed E-state index contributed by atoms with van der Waals surface area (Å²) in [5.41, 5.74) is 2.41. The van der Waals surface area contributed by atoms with E-state index >= 15 is 0 Å². The number of nitrogens with one attached hydrogen (secondary N) is 1. The van der Waals surface area contributed by atoms with Crippen LogP contribution in [0, 0.1) is 0 Å². The molecule has 0 unspecified atom stereocenters. The van der Waals surface area contributed by atoms with Gasteiger partial charge in [-0.05, 0) is 24.6 Å². The largest absolute Gasteiger partial charge is 0.456 e. The van der Waals surface area contributed by atoms with Crippen molar-refractivity contribution in [2.24, 2.45) is 0 Å². The number of carbonyl (C=O) groups excluding carboxylic acids is 1. The van der Waals surface area contributed by atoms with E-state index in [1.807, 2.05) is 54.6 Å². The standard InChI is InChI=1S/C21H23NO2/c1-2-3-4-9-14-22-21(23)18-15-16-10-5-7-12-19(16)24-20-13-8-6-11-17(18)20/h5-8,10-13,15H,2-4,9,14H2,1H3,(H,22,23). The highest BCUT2D eigenvalue weighted by Gasteiger charge is 2.20. The van der Waals surface area contributed by atoms with Crippen LogP contribution in [0.15, 0.2) is 48.5 Å². The molecule has 2 aromatic rings. The number of carbonyl (C=O) groups is 1. The molecule has 3 nitrogen and oxygen atoms in total. The van der Waals surface area contributed by atoms with Crippen LogP contribution in [0.3, 0.4) is 0 Å². The summed E-state index contributed by atoms with van der Waals surface area (Å²) < 4.78 is 6.01. The number of rotatable bonds is 6. The summed E-state index contributed by atoms with van der Waals surface area (Å²) in [6.45, 7) is 2.89. The Morgan fingerprint density at radius 3 is 2.54 bits per heavy atom. The van der Waals surface area contributed by atoms with Gasteiger partial charge in [0, 0.05) is 17.7 Å². The molecule has 1 aliphatic rings. The molecular weight excluding hydrogens is 298 g/mol. The van der Waals surface area contributed by atoms with E-state index in [1.54, 1.807) is 0 Å². The molecule has 24 heavy (non-hydrogen) atoms. The van der Waals surface area contributed by atoms with Crippen molar-refractivity contribution in [3.8, 4) is 11.5 Å². The smallest absolute Gasteiger partial charge is 0.252 e. The van der Waals surface area contributed by atoms with Crippen molar-refractivity contribution < 1.29 is 9.53 Å². The number of para-hydroxylation sites is 2. The second-order valence-corrected chi connectivity index (χ2v) is 6.01. The number of hydrogen-bond acceptors (Lipinski definition) is 2. The maximum atomic E-state index is 12.7. The quantitative estimate of drug-likeness (QED) is 0.758. The van der Waals surface area contributed by atoms with Crippen molar-refractivity contribution >= 4 is 17.6 Å². The fourth-order valence-corrected chi connectivity index (χ4v) is 2.86. The van der Waals surface area contributed by atoms with Gasteiger partial charge in [0.2, 0.25) is 0 Å². The molecular formula is C21H23NO2. The van der Waals surface area contributed by atoms with Crippen LogP contribution in [-0.4, -0.2) is 12.5 Å². The SMILES string of the molecule is CCCCCCNC(=O)C1=Cc2ccccc2Oc2ccccc21. The van der Waals surface area contributed by atoms with Gasteiger partial charge in [-0.25, -0.2) is 0 Å². The molecule has 0 saturated heterocycles. The predicted molar refractivity (Wildman–Crippen MR) is 98.0 cm³/mol. The minimum atomic E-state index is -0.0424. The van der Waals surface area contributed by atoms with Crippen LogP contribution in [0.4, 0.5) is 0 Å². The van der Waals surface area contributed by atoms with Gasteiger partial charge in [0.15, 0.2) is 0 Å². The molecule has 0 aliphatic carbocycles. The lowest BCUT2D eigenvalue weighted by Crippen LogP contribution is -2.25. The Balaban J connectivity index is 1.84. The van der Waals surface area contributed by atoms with Gasteiger partial charge in [-0.2, -0.15) is 0 Å². The van der Waals surface area contributed by atoms with Gasteiger partial charge in [0.25, 0.3) is 5.91 Å².